The number of ether oxygens (including phenoxy) is 1. The van der Waals surface area contributed by atoms with Gasteiger partial charge in [-0.15, -0.1) is 11.3 Å². The van der Waals surface area contributed by atoms with Gasteiger partial charge in [0.2, 0.25) is 0 Å². The van der Waals surface area contributed by atoms with E-state index in [1.54, 1.807) is 24.3 Å². The molecule has 128 valence electrons. The van der Waals surface area contributed by atoms with E-state index in [0.717, 1.165) is 0 Å². The molecule has 1 amide bonds. The van der Waals surface area contributed by atoms with Gasteiger partial charge in [-0.05, 0) is 25.1 Å². The number of benzene rings is 1. The second-order valence-corrected chi connectivity index (χ2v) is 5.85. The van der Waals surface area contributed by atoms with Crippen LogP contribution in [0.1, 0.15) is 23.0 Å². The summed E-state index contributed by atoms with van der Waals surface area (Å²) < 4.78 is 5.40. The Balaban J connectivity index is 2.22. The number of nitriles is 1. The van der Waals surface area contributed by atoms with Crippen LogP contribution in [0.25, 0.3) is 10.6 Å². The lowest BCUT2D eigenvalue weighted by atomic mass is 10.1. The molecule has 1 heterocycles. The average Bonchev–Trinajstić information content (AvgIpc) is 3.09. The molecular formula is C17H15N3O4S. The predicted octanol–water partition coefficient (Wildman–Crippen LogP) is 2.45. The van der Waals surface area contributed by atoms with Crippen molar-refractivity contribution < 1.29 is 19.4 Å². The zero-order chi connectivity index (χ0) is 18.4. The quantitative estimate of drug-likeness (QED) is 0.736. The summed E-state index contributed by atoms with van der Waals surface area (Å²) in [6, 6.07) is 6.06. The van der Waals surface area contributed by atoms with Gasteiger partial charge < -0.3 is 15.2 Å². The summed E-state index contributed by atoms with van der Waals surface area (Å²) >= 11 is 1.22. The van der Waals surface area contributed by atoms with E-state index in [2.05, 4.69) is 22.9 Å². The van der Waals surface area contributed by atoms with Gasteiger partial charge in [0.05, 0.1) is 5.56 Å². The van der Waals surface area contributed by atoms with E-state index in [-0.39, 0.29) is 12.3 Å². The molecule has 1 atom stereocenters. The maximum Gasteiger partial charge on any atom is 0.325 e. The fraction of sp³-hybridized carbons (Fsp3) is 0.176. The number of rotatable bonds is 7. The van der Waals surface area contributed by atoms with E-state index in [1.807, 2.05) is 0 Å². The molecule has 0 aliphatic carbocycles. The van der Waals surface area contributed by atoms with Crippen molar-refractivity contribution in [2.24, 2.45) is 0 Å². The van der Waals surface area contributed by atoms with Crippen LogP contribution in [0.5, 0.6) is 5.75 Å². The average molecular weight is 357 g/mol. The maximum absolute atomic E-state index is 12.0. The molecular weight excluding hydrogens is 342 g/mol. The first-order valence-electron chi connectivity index (χ1n) is 7.23. The van der Waals surface area contributed by atoms with Gasteiger partial charge in [-0.3, -0.25) is 9.59 Å². The zero-order valence-electron chi connectivity index (χ0n) is 13.4. The molecule has 0 fully saturated rings. The number of hydrogen-bond acceptors (Lipinski definition) is 6. The maximum atomic E-state index is 12.0. The van der Waals surface area contributed by atoms with Gasteiger partial charge in [-0.25, -0.2) is 4.98 Å². The van der Waals surface area contributed by atoms with E-state index < -0.39 is 17.9 Å². The fourth-order valence-corrected chi connectivity index (χ4v) is 2.66. The van der Waals surface area contributed by atoms with E-state index >= 15 is 0 Å². The van der Waals surface area contributed by atoms with Crippen molar-refractivity contribution in [2.75, 3.05) is 6.61 Å². The number of hydrogen-bond donors (Lipinski definition) is 2. The first-order valence-corrected chi connectivity index (χ1v) is 8.11. The summed E-state index contributed by atoms with van der Waals surface area (Å²) in [4.78, 5) is 27.0. The van der Waals surface area contributed by atoms with Crippen LogP contribution in [0.4, 0.5) is 0 Å². The lowest BCUT2D eigenvalue weighted by Crippen LogP contribution is -2.38. The van der Waals surface area contributed by atoms with E-state index in [4.69, 9.17) is 9.84 Å². The molecule has 8 heteroatoms. The molecule has 1 aromatic carbocycles. The summed E-state index contributed by atoms with van der Waals surface area (Å²) in [6.45, 7) is 5.21. The van der Waals surface area contributed by atoms with Crippen LogP contribution in [0, 0.1) is 11.3 Å². The van der Waals surface area contributed by atoms with Gasteiger partial charge in [-0.1, -0.05) is 12.7 Å². The number of carboxylic acids is 1. The Labute approximate surface area is 148 Å². The molecule has 0 aliphatic rings. The normalized spacial score (nSPS) is 11.2. The highest BCUT2D eigenvalue weighted by Gasteiger charge is 2.18. The molecule has 25 heavy (non-hydrogen) atoms. The number of nitrogens with one attached hydrogen (secondary N) is 1. The van der Waals surface area contributed by atoms with Crippen molar-refractivity contribution in [3.05, 3.63) is 47.5 Å². The van der Waals surface area contributed by atoms with Gasteiger partial charge in [0.15, 0.2) is 0 Å². The molecule has 1 aromatic heterocycles. The first kappa shape index (κ1) is 18.2. The van der Waals surface area contributed by atoms with Crippen molar-refractivity contribution in [3.63, 3.8) is 0 Å². The summed E-state index contributed by atoms with van der Waals surface area (Å²) in [5.41, 5.74) is 1.14. The van der Waals surface area contributed by atoms with Crippen LogP contribution in [0.15, 0.2) is 36.2 Å². The standard InChI is InChI=1S/C17H15N3O4S/c1-3-6-24-14-5-4-11(7-12(14)8-18)16-20-13(9-25-16)15(21)19-10(2)17(22)23/h3-5,7,9-10H,1,6H2,2H3,(H,19,21)(H,22,23)/t10-/m0/s1. The Morgan fingerprint density at radius 1 is 1.56 bits per heavy atom. The largest absolute Gasteiger partial charge is 0.488 e. The van der Waals surface area contributed by atoms with Crippen LogP contribution in [0.2, 0.25) is 0 Å². The number of amides is 1. The van der Waals surface area contributed by atoms with Gasteiger partial charge in [-0.2, -0.15) is 5.26 Å². The fourth-order valence-electron chi connectivity index (χ4n) is 1.87. The molecule has 0 unspecified atom stereocenters. The number of thiazole rings is 1. The third kappa shape index (κ3) is 4.43. The SMILES string of the molecule is C=CCOc1ccc(-c2nc(C(=O)N[C@@H](C)C(=O)O)cs2)cc1C#N. The Morgan fingerprint density at radius 3 is 2.96 bits per heavy atom. The van der Waals surface area contributed by atoms with Gasteiger partial charge in [0.1, 0.15) is 35.2 Å². The van der Waals surface area contributed by atoms with Crippen LogP contribution in [0.3, 0.4) is 0 Å². The molecule has 2 rings (SSSR count). The number of carbonyl (C=O) groups excluding carboxylic acids is 1. The second kappa shape index (κ2) is 8.08. The van der Waals surface area contributed by atoms with Crippen molar-refractivity contribution in [1.29, 1.82) is 5.26 Å². The smallest absolute Gasteiger partial charge is 0.325 e. The number of aliphatic carboxylic acids is 1. The zero-order valence-corrected chi connectivity index (χ0v) is 14.2. The number of aromatic nitrogens is 1. The van der Waals surface area contributed by atoms with Crippen molar-refractivity contribution in [1.82, 2.24) is 10.3 Å². The molecule has 2 N–H and O–H groups in total. The molecule has 2 aromatic rings. The third-order valence-corrected chi connectivity index (χ3v) is 4.05. The molecule has 0 spiro atoms. The highest BCUT2D eigenvalue weighted by atomic mass is 32.1. The summed E-state index contributed by atoms with van der Waals surface area (Å²) in [5.74, 6) is -1.25. The topological polar surface area (TPSA) is 112 Å². The van der Waals surface area contributed by atoms with Crippen molar-refractivity contribution in [2.45, 2.75) is 13.0 Å². The van der Waals surface area contributed by atoms with Crippen LogP contribution in [-0.4, -0.2) is 34.6 Å². The minimum atomic E-state index is -1.13. The number of carbonyl (C=O) groups is 2. The molecule has 0 saturated heterocycles. The van der Waals surface area contributed by atoms with E-state index in [0.29, 0.717) is 21.9 Å². The Bertz CT molecular complexity index is 854. The van der Waals surface area contributed by atoms with E-state index in [1.165, 1.54) is 23.6 Å². The summed E-state index contributed by atoms with van der Waals surface area (Å²) in [6.07, 6.45) is 1.58. The third-order valence-electron chi connectivity index (χ3n) is 3.16. The number of nitrogens with zero attached hydrogens (tertiary/aromatic N) is 2. The van der Waals surface area contributed by atoms with Crippen LogP contribution in [-0.2, 0) is 4.79 Å². The van der Waals surface area contributed by atoms with Gasteiger partial charge in [0.25, 0.3) is 5.91 Å². The highest BCUT2D eigenvalue weighted by molar-refractivity contribution is 7.13. The molecule has 0 bridgehead atoms. The first-order chi connectivity index (χ1) is 12.0. The minimum Gasteiger partial charge on any atom is -0.488 e. The van der Waals surface area contributed by atoms with Crippen molar-refractivity contribution in [3.8, 4) is 22.4 Å². The molecule has 0 aliphatic heterocycles. The minimum absolute atomic E-state index is 0.124. The Kier molecular flexibility index (Phi) is 5.87. The molecule has 0 saturated carbocycles. The monoisotopic (exact) mass is 357 g/mol. The highest BCUT2D eigenvalue weighted by Crippen LogP contribution is 2.28. The predicted molar refractivity (Wildman–Crippen MR) is 92.5 cm³/mol. The van der Waals surface area contributed by atoms with Crippen LogP contribution < -0.4 is 10.1 Å². The number of carboxylic acid groups (broad SMARTS) is 1. The lowest BCUT2D eigenvalue weighted by molar-refractivity contribution is -0.138. The molecule has 7 nitrogen and oxygen atoms in total. The summed E-state index contributed by atoms with van der Waals surface area (Å²) in [7, 11) is 0. The summed E-state index contributed by atoms with van der Waals surface area (Å²) in [5, 5.41) is 22.5. The van der Waals surface area contributed by atoms with E-state index in [9.17, 15) is 14.9 Å². The van der Waals surface area contributed by atoms with Gasteiger partial charge in [0, 0.05) is 10.9 Å². The van der Waals surface area contributed by atoms with Crippen molar-refractivity contribution >= 4 is 23.2 Å². The van der Waals surface area contributed by atoms with Crippen LogP contribution >= 0.6 is 11.3 Å². The van der Waals surface area contributed by atoms with Gasteiger partial charge >= 0.3 is 5.97 Å². The Morgan fingerprint density at radius 2 is 2.32 bits per heavy atom. The second-order valence-electron chi connectivity index (χ2n) is 4.99. The molecule has 0 radical (unpaired) electrons. The Hall–Kier alpha value is -3.18. The lowest BCUT2D eigenvalue weighted by Gasteiger charge is -2.07.